The quantitative estimate of drug-likeness (QED) is 0.648. The lowest BCUT2D eigenvalue weighted by atomic mass is 9.94. The zero-order valence-corrected chi connectivity index (χ0v) is 9.40. The van der Waals surface area contributed by atoms with Crippen molar-refractivity contribution in [2.24, 2.45) is 0 Å². The van der Waals surface area contributed by atoms with Crippen molar-refractivity contribution in [2.75, 3.05) is 13.1 Å². The molecule has 0 aromatic rings. The molecule has 1 aliphatic rings. The first-order chi connectivity index (χ1) is 4.96. The molecule has 2 nitrogen and oxygen atoms in total. The highest BCUT2D eigenvalue weighted by molar-refractivity contribution is 6.68. The van der Waals surface area contributed by atoms with E-state index in [0.717, 1.165) is 0 Å². The van der Waals surface area contributed by atoms with E-state index in [1.165, 1.54) is 0 Å². The maximum Gasteiger partial charge on any atom is 0.218 e. The van der Waals surface area contributed by atoms with Crippen LogP contribution in [-0.2, 0) is 0 Å². The Balaban J connectivity index is 0.00000121. The molecule has 1 heterocycles. The van der Waals surface area contributed by atoms with Gasteiger partial charge < -0.3 is 10.4 Å². The SMILES string of the molecule is Cl.OC1(C(Cl)(Cl)Cl)CCNCC1. The fourth-order valence-electron chi connectivity index (χ4n) is 1.12. The molecule has 0 aromatic heterocycles. The minimum atomic E-state index is -1.56. The maximum atomic E-state index is 9.77. The standard InChI is InChI=1S/C6H10Cl3NO.ClH/c7-6(8,9)5(11)1-3-10-4-2-5;/h10-11H,1-4H2;1H. The van der Waals surface area contributed by atoms with Crippen molar-refractivity contribution in [3.8, 4) is 0 Å². The highest BCUT2D eigenvalue weighted by atomic mass is 35.6. The Kier molecular flexibility index (Phi) is 4.95. The monoisotopic (exact) mass is 253 g/mol. The van der Waals surface area contributed by atoms with Crippen LogP contribution in [0.25, 0.3) is 0 Å². The topological polar surface area (TPSA) is 32.3 Å². The minimum Gasteiger partial charge on any atom is -0.385 e. The van der Waals surface area contributed by atoms with Crippen LogP contribution in [0.2, 0.25) is 0 Å². The van der Waals surface area contributed by atoms with E-state index in [9.17, 15) is 5.11 Å². The molecule has 74 valence electrons. The van der Waals surface area contributed by atoms with E-state index in [0.29, 0.717) is 25.9 Å². The van der Waals surface area contributed by atoms with E-state index >= 15 is 0 Å². The van der Waals surface area contributed by atoms with Crippen LogP contribution in [0.1, 0.15) is 12.8 Å². The average Bonchev–Trinajstić information content (AvgIpc) is 1.87. The van der Waals surface area contributed by atoms with Crippen LogP contribution in [0.5, 0.6) is 0 Å². The lowest BCUT2D eigenvalue weighted by molar-refractivity contribution is 0.0141. The van der Waals surface area contributed by atoms with Crippen molar-refractivity contribution in [2.45, 2.75) is 22.2 Å². The van der Waals surface area contributed by atoms with E-state index in [1.54, 1.807) is 0 Å². The Labute approximate surface area is 93.0 Å². The summed E-state index contributed by atoms with van der Waals surface area (Å²) in [5.41, 5.74) is -1.15. The second kappa shape index (κ2) is 4.54. The van der Waals surface area contributed by atoms with Gasteiger partial charge in [-0.1, -0.05) is 34.8 Å². The molecule has 6 heteroatoms. The zero-order valence-electron chi connectivity index (χ0n) is 6.32. The van der Waals surface area contributed by atoms with Crippen molar-refractivity contribution in [1.29, 1.82) is 0 Å². The van der Waals surface area contributed by atoms with Crippen LogP contribution in [0, 0.1) is 0 Å². The molecule has 0 unspecified atom stereocenters. The molecule has 0 aromatic carbocycles. The molecule has 1 rings (SSSR count). The Bertz CT molecular complexity index is 141. The van der Waals surface area contributed by atoms with Gasteiger partial charge in [0, 0.05) is 0 Å². The molecular weight excluding hydrogens is 244 g/mol. The second-order valence-corrected chi connectivity index (χ2v) is 5.06. The van der Waals surface area contributed by atoms with E-state index in [-0.39, 0.29) is 12.4 Å². The van der Waals surface area contributed by atoms with Gasteiger partial charge in [0.05, 0.1) is 0 Å². The molecule has 1 saturated heterocycles. The summed E-state index contributed by atoms with van der Waals surface area (Å²) in [5.74, 6) is 0. The van der Waals surface area contributed by atoms with Crippen LogP contribution in [-0.4, -0.2) is 27.6 Å². The first kappa shape index (κ1) is 13.1. The molecule has 0 bridgehead atoms. The zero-order chi connectivity index (χ0) is 8.54. The van der Waals surface area contributed by atoms with Crippen LogP contribution in [0.15, 0.2) is 0 Å². The summed E-state index contributed by atoms with van der Waals surface area (Å²) < 4.78 is -1.56. The summed E-state index contributed by atoms with van der Waals surface area (Å²) in [4.78, 5) is 0. The predicted molar refractivity (Wildman–Crippen MR) is 54.6 cm³/mol. The van der Waals surface area contributed by atoms with Gasteiger partial charge in [-0.2, -0.15) is 0 Å². The molecule has 0 atom stereocenters. The van der Waals surface area contributed by atoms with Crippen molar-refractivity contribution in [1.82, 2.24) is 5.32 Å². The molecule has 0 aliphatic carbocycles. The van der Waals surface area contributed by atoms with Crippen LogP contribution >= 0.6 is 47.2 Å². The molecule has 12 heavy (non-hydrogen) atoms. The molecule has 0 radical (unpaired) electrons. The van der Waals surface area contributed by atoms with E-state index < -0.39 is 9.39 Å². The number of halogens is 4. The smallest absolute Gasteiger partial charge is 0.218 e. The molecule has 0 amide bonds. The molecule has 0 saturated carbocycles. The molecule has 1 aliphatic heterocycles. The van der Waals surface area contributed by atoms with Gasteiger partial charge in [-0.25, -0.2) is 0 Å². The Morgan fingerprint density at radius 2 is 1.58 bits per heavy atom. The van der Waals surface area contributed by atoms with Crippen LogP contribution < -0.4 is 5.32 Å². The number of hydrogen-bond donors (Lipinski definition) is 2. The number of hydrogen-bond acceptors (Lipinski definition) is 2. The number of nitrogens with one attached hydrogen (secondary N) is 1. The van der Waals surface area contributed by atoms with Crippen LogP contribution in [0.4, 0.5) is 0 Å². The summed E-state index contributed by atoms with van der Waals surface area (Å²) >= 11 is 16.8. The fourth-order valence-corrected chi connectivity index (χ4v) is 1.69. The van der Waals surface area contributed by atoms with Gasteiger partial charge in [-0.05, 0) is 25.9 Å². The van der Waals surface area contributed by atoms with Crippen molar-refractivity contribution >= 4 is 47.2 Å². The van der Waals surface area contributed by atoms with Crippen molar-refractivity contribution in [3.63, 3.8) is 0 Å². The maximum absolute atomic E-state index is 9.77. The van der Waals surface area contributed by atoms with Gasteiger partial charge >= 0.3 is 0 Å². The largest absolute Gasteiger partial charge is 0.385 e. The van der Waals surface area contributed by atoms with Crippen molar-refractivity contribution in [3.05, 3.63) is 0 Å². The number of rotatable bonds is 0. The van der Waals surface area contributed by atoms with Gasteiger partial charge in [-0.3, -0.25) is 0 Å². The van der Waals surface area contributed by atoms with Crippen LogP contribution in [0.3, 0.4) is 0 Å². The second-order valence-electron chi connectivity index (χ2n) is 2.78. The molecule has 1 fully saturated rings. The van der Waals surface area contributed by atoms with Gasteiger partial charge in [0.25, 0.3) is 0 Å². The highest BCUT2D eigenvalue weighted by Gasteiger charge is 2.47. The highest BCUT2D eigenvalue weighted by Crippen LogP contribution is 2.42. The summed E-state index contributed by atoms with van der Waals surface area (Å²) in [6.45, 7) is 1.40. The average molecular weight is 255 g/mol. The fraction of sp³-hybridized carbons (Fsp3) is 1.00. The Hall–Kier alpha value is 1.08. The molecule has 0 spiro atoms. The lowest BCUT2D eigenvalue weighted by Crippen LogP contribution is -2.50. The summed E-state index contributed by atoms with van der Waals surface area (Å²) in [7, 11) is 0. The third-order valence-corrected chi connectivity index (χ3v) is 3.01. The minimum absolute atomic E-state index is 0. The summed E-state index contributed by atoms with van der Waals surface area (Å²) in [6, 6.07) is 0. The number of alkyl halides is 3. The van der Waals surface area contributed by atoms with Crippen molar-refractivity contribution < 1.29 is 5.11 Å². The first-order valence-corrected chi connectivity index (χ1v) is 4.59. The van der Waals surface area contributed by atoms with Gasteiger partial charge in [-0.15, -0.1) is 12.4 Å². The number of piperidine rings is 1. The van der Waals surface area contributed by atoms with E-state index in [1.807, 2.05) is 0 Å². The first-order valence-electron chi connectivity index (χ1n) is 3.45. The van der Waals surface area contributed by atoms with E-state index in [4.69, 9.17) is 34.8 Å². The van der Waals surface area contributed by atoms with Gasteiger partial charge in [0.15, 0.2) is 0 Å². The summed E-state index contributed by atoms with van der Waals surface area (Å²) in [6.07, 6.45) is 0.979. The molecule has 2 N–H and O–H groups in total. The third kappa shape index (κ3) is 2.79. The van der Waals surface area contributed by atoms with Gasteiger partial charge in [0.1, 0.15) is 5.60 Å². The Morgan fingerprint density at radius 1 is 1.17 bits per heavy atom. The normalized spacial score (nSPS) is 23.0. The summed E-state index contributed by atoms with van der Waals surface area (Å²) in [5, 5.41) is 12.8. The van der Waals surface area contributed by atoms with Gasteiger partial charge in [0.2, 0.25) is 3.79 Å². The Morgan fingerprint density at radius 3 is 1.83 bits per heavy atom. The van der Waals surface area contributed by atoms with E-state index in [2.05, 4.69) is 5.32 Å². The lowest BCUT2D eigenvalue weighted by Gasteiger charge is -2.37. The molecular formula is C6H11Cl4NO. The number of aliphatic hydroxyl groups is 1. The third-order valence-electron chi connectivity index (χ3n) is 1.96. The predicted octanol–water partition coefficient (Wildman–Crippen LogP) is 1.89.